The fourth-order valence-electron chi connectivity index (χ4n) is 4.73. The second-order valence-electron chi connectivity index (χ2n) is 9.48. The number of nitrogens with two attached hydrogens (primary N) is 1. The third-order valence-electron chi connectivity index (χ3n) is 6.98. The lowest BCUT2D eigenvalue weighted by Crippen LogP contribution is -2.48. The fraction of sp³-hybridized carbons (Fsp3) is 0.600. The molecule has 3 fully saturated rings. The van der Waals surface area contributed by atoms with Gasteiger partial charge in [-0.25, -0.2) is 0 Å². The van der Waals surface area contributed by atoms with Crippen LogP contribution in [-0.2, 0) is 9.59 Å². The minimum Gasteiger partial charge on any atom is -0.369 e. The van der Waals surface area contributed by atoms with E-state index in [1.54, 1.807) is 4.90 Å². The second-order valence-corrected chi connectivity index (χ2v) is 9.48. The van der Waals surface area contributed by atoms with Crippen molar-refractivity contribution in [1.82, 2.24) is 15.1 Å². The number of likely N-dealkylation sites (N-methyl/N-ethyl adjacent to an activating group) is 1. The zero-order valence-corrected chi connectivity index (χ0v) is 21.9. The van der Waals surface area contributed by atoms with Crippen LogP contribution >= 0.6 is 24.8 Å². The minimum absolute atomic E-state index is 0. The Hall–Kier alpha value is -1.80. The first-order chi connectivity index (χ1) is 15.5. The number of carbonyl (C=O) groups is 2. The third-order valence-corrected chi connectivity index (χ3v) is 6.98. The Kier molecular flexibility index (Phi) is 10.7. The van der Waals surface area contributed by atoms with Crippen molar-refractivity contribution in [2.45, 2.75) is 44.7 Å². The van der Waals surface area contributed by atoms with Gasteiger partial charge < -0.3 is 25.8 Å². The van der Waals surface area contributed by atoms with Crippen molar-refractivity contribution in [3.63, 3.8) is 0 Å². The number of halogens is 2. The molecular formula is C25H39Cl2N5O2. The van der Waals surface area contributed by atoms with Gasteiger partial charge in [0.25, 0.3) is 0 Å². The molecule has 1 aromatic rings. The molecule has 2 amide bonds. The Bertz CT molecular complexity index is 869. The average molecular weight is 513 g/mol. The second kappa shape index (κ2) is 12.8. The van der Waals surface area contributed by atoms with Gasteiger partial charge in [0.05, 0.1) is 12.6 Å². The van der Waals surface area contributed by atoms with E-state index >= 15 is 0 Å². The first-order valence-electron chi connectivity index (χ1n) is 12.0. The summed E-state index contributed by atoms with van der Waals surface area (Å²) in [5.41, 5.74) is 9.06. The summed E-state index contributed by atoms with van der Waals surface area (Å²) in [7, 11) is 2.17. The van der Waals surface area contributed by atoms with E-state index in [9.17, 15) is 9.59 Å². The molecule has 9 heteroatoms. The monoisotopic (exact) mass is 511 g/mol. The Balaban J connectivity index is 0.00000204. The molecular weight excluding hydrogens is 473 g/mol. The highest BCUT2D eigenvalue weighted by Gasteiger charge is 2.34. The highest BCUT2D eigenvalue weighted by atomic mass is 35.5. The maximum Gasteiger partial charge on any atom is 0.243 e. The quantitative estimate of drug-likeness (QED) is 0.588. The Morgan fingerprint density at radius 1 is 1.12 bits per heavy atom. The molecule has 0 aromatic heterocycles. The van der Waals surface area contributed by atoms with E-state index in [-0.39, 0.29) is 49.2 Å². The Morgan fingerprint density at radius 2 is 1.82 bits per heavy atom. The molecule has 34 heavy (non-hydrogen) atoms. The Morgan fingerprint density at radius 3 is 2.47 bits per heavy atom. The fourth-order valence-corrected chi connectivity index (χ4v) is 4.73. The van der Waals surface area contributed by atoms with Crippen molar-refractivity contribution in [3.8, 4) is 0 Å². The van der Waals surface area contributed by atoms with Crippen molar-refractivity contribution in [3.05, 3.63) is 35.4 Å². The number of amides is 2. The molecule has 0 bridgehead atoms. The van der Waals surface area contributed by atoms with Gasteiger partial charge in [-0.1, -0.05) is 18.2 Å². The van der Waals surface area contributed by atoms with Crippen molar-refractivity contribution < 1.29 is 9.59 Å². The average Bonchev–Trinajstić information content (AvgIpc) is 3.50. The number of carbonyl (C=O) groups excluding carboxylic acids is 2. The van der Waals surface area contributed by atoms with Crippen LogP contribution in [0.25, 0.3) is 6.08 Å². The van der Waals surface area contributed by atoms with Gasteiger partial charge in [0.1, 0.15) is 6.04 Å². The highest BCUT2D eigenvalue weighted by Crippen LogP contribution is 2.33. The summed E-state index contributed by atoms with van der Waals surface area (Å²) in [6, 6.07) is 6.05. The zero-order valence-electron chi connectivity index (χ0n) is 20.2. The smallest absolute Gasteiger partial charge is 0.243 e. The van der Waals surface area contributed by atoms with Crippen LogP contribution in [0, 0.1) is 5.92 Å². The van der Waals surface area contributed by atoms with E-state index in [0.717, 1.165) is 38.2 Å². The van der Waals surface area contributed by atoms with Crippen LogP contribution in [0.1, 0.15) is 49.8 Å². The highest BCUT2D eigenvalue weighted by molar-refractivity contribution is 5.89. The molecule has 190 valence electrons. The van der Waals surface area contributed by atoms with Gasteiger partial charge in [0.2, 0.25) is 11.8 Å². The molecule has 1 aliphatic carbocycles. The maximum absolute atomic E-state index is 13.0. The molecule has 0 spiro atoms. The number of rotatable bonds is 7. The van der Waals surface area contributed by atoms with Crippen molar-refractivity contribution in [2.24, 2.45) is 11.7 Å². The molecule has 1 saturated carbocycles. The lowest BCUT2D eigenvalue weighted by Gasteiger charge is -2.34. The van der Waals surface area contributed by atoms with Gasteiger partial charge in [-0.05, 0) is 68.8 Å². The van der Waals surface area contributed by atoms with Crippen molar-refractivity contribution in [1.29, 1.82) is 0 Å². The standard InChI is InChI=1S/C25H37N5O2.2ClH/c1-18(27-25(32)23-4-3-11-30(23)24(31)17-26)22-10-9-21(29-14-12-28(2)13-15-29)16-20(22)8-7-19-5-6-19;;/h7-10,16,18-19,23H,3-6,11-15,17,26H2,1-2H3,(H,27,32);2*1H/b8-7+;;/t18-,23-;;/m0../s1. The molecule has 2 atom stereocenters. The minimum atomic E-state index is -0.413. The number of likely N-dealkylation sites (tertiary alicyclic amines) is 1. The van der Waals surface area contributed by atoms with Crippen molar-refractivity contribution in [2.75, 3.05) is 51.2 Å². The van der Waals surface area contributed by atoms with Gasteiger partial charge in [0.15, 0.2) is 0 Å². The number of nitrogens with zero attached hydrogens (tertiary/aromatic N) is 3. The van der Waals surface area contributed by atoms with Crippen molar-refractivity contribution >= 4 is 48.4 Å². The molecule has 0 radical (unpaired) electrons. The lowest BCUT2D eigenvalue weighted by atomic mass is 9.98. The molecule has 7 nitrogen and oxygen atoms in total. The maximum atomic E-state index is 13.0. The summed E-state index contributed by atoms with van der Waals surface area (Å²) in [6.07, 6.45) is 8.61. The van der Waals surface area contributed by atoms with Crippen LogP contribution in [0.15, 0.2) is 24.3 Å². The lowest BCUT2D eigenvalue weighted by molar-refractivity contribution is -0.137. The van der Waals surface area contributed by atoms with Gasteiger partial charge in [-0.2, -0.15) is 0 Å². The predicted molar refractivity (Wildman–Crippen MR) is 143 cm³/mol. The number of allylic oxidation sites excluding steroid dienone is 1. The number of hydrogen-bond donors (Lipinski definition) is 2. The van der Waals surface area contributed by atoms with Gasteiger partial charge in [-0.3, -0.25) is 9.59 Å². The summed E-state index contributed by atoms with van der Waals surface area (Å²) in [4.78, 5) is 31.6. The van der Waals surface area contributed by atoms with E-state index in [1.165, 1.54) is 24.1 Å². The van der Waals surface area contributed by atoms with Gasteiger partial charge >= 0.3 is 0 Å². The van der Waals surface area contributed by atoms with E-state index in [4.69, 9.17) is 5.73 Å². The summed E-state index contributed by atoms with van der Waals surface area (Å²) in [5, 5.41) is 3.17. The van der Waals surface area contributed by atoms with E-state index in [1.807, 2.05) is 6.92 Å². The summed E-state index contributed by atoms with van der Waals surface area (Å²) >= 11 is 0. The predicted octanol–water partition coefficient (Wildman–Crippen LogP) is 2.83. The van der Waals surface area contributed by atoms with Crippen LogP contribution in [0.4, 0.5) is 5.69 Å². The molecule has 2 heterocycles. The molecule has 4 rings (SSSR count). The van der Waals surface area contributed by atoms with Crippen LogP contribution in [0.3, 0.4) is 0 Å². The van der Waals surface area contributed by atoms with E-state index in [2.05, 4.69) is 52.5 Å². The number of anilines is 1. The molecule has 3 aliphatic rings. The van der Waals surface area contributed by atoms with E-state index in [0.29, 0.717) is 18.9 Å². The largest absolute Gasteiger partial charge is 0.369 e. The zero-order chi connectivity index (χ0) is 22.7. The number of hydrogen-bond acceptors (Lipinski definition) is 5. The third kappa shape index (κ3) is 6.87. The summed E-state index contributed by atoms with van der Waals surface area (Å²) in [5.74, 6) is 0.450. The summed E-state index contributed by atoms with van der Waals surface area (Å²) < 4.78 is 0. The first kappa shape index (κ1) is 28.4. The van der Waals surface area contributed by atoms with Crippen LogP contribution in [0.5, 0.6) is 0 Å². The van der Waals surface area contributed by atoms with Crippen LogP contribution < -0.4 is 16.0 Å². The molecule has 0 unspecified atom stereocenters. The molecule has 2 aliphatic heterocycles. The number of benzene rings is 1. The SMILES string of the molecule is C[C@H](NC(=O)[C@@H]1CCCN1C(=O)CN)c1ccc(N2CCN(C)CC2)cc1/C=C/C1CC1.Cl.Cl. The topological polar surface area (TPSA) is 81.9 Å². The molecule has 3 N–H and O–H groups in total. The normalized spacial score (nSPS) is 21.7. The summed E-state index contributed by atoms with van der Waals surface area (Å²) in [6.45, 7) is 6.78. The molecule has 1 aromatic carbocycles. The Labute approximate surface area is 215 Å². The van der Waals surface area contributed by atoms with Gasteiger partial charge in [-0.15, -0.1) is 24.8 Å². The van der Waals surface area contributed by atoms with Crippen LogP contribution in [0.2, 0.25) is 0 Å². The van der Waals surface area contributed by atoms with Crippen LogP contribution in [-0.4, -0.2) is 74.0 Å². The number of nitrogens with one attached hydrogen (secondary N) is 1. The first-order valence-corrected chi connectivity index (χ1v) is 12.0. The number of piperazine rings is 1. The van der Waals surface area contributed by atoms with Gasteiger partial charge in [0, 0.05) is 38.4 Å². The molecule has 2 saturated heterocycles. The van der Waals surface area contributed by atoms with E-state index < -0.39 is 6.04 Å².